The summed E-state index contributed by atoms with van der Waals surface area (Å²) in [5.41, 5.74) is 1.51. The Labute approximate surface area is 118 Å². The second-order valence-electron chi connectivity index (χ2n) is 5.38. The van der Waals surface area contributed by atoms with Crippen LogP contribution in [-0.4, -0.2) is 28.7 Å². The number of nitrogens with zero attached hydrogens (tertiary/aromatic N) is 1. The van der Waals surface area contributed by atoms with Crippen LogP contribution in [0.25, 0.3) is 0 Å². The third-order valence-electron chi connectivity index (χ3n) is 4.45. The smallest absolute Gasteiger partial charge is 0.354 e. The van der Waals surface area contributed by atoms with Gasteiger partial charge in [-0.3, -0.25) is 4.79 Å². The van der Waals surface area contributed by atoms with Crippen molar-refractivity contribution in [2.24, 2.45) is 0 Å². The van der Waals surface area contributed by atoms with Gasteiger partial charge in [0.2, 0.25) is 0 Å². The number of fused-ring (bicyclic) bond motifs is 1. The van der Waals surface area contributed by atoms with Crippen LogP contribution >= 0.6 is 0 Å². The lowest BCUT2D eigenvalue weighted by Gasteiger charge is -2.38. The molecule has 1 atom stereocenters. The van der Waals surface area contributed by atoms with E-state index in [1.54, 1.807) is 6.07 Å². The number of aromatic nitrogens is 1. The molecule has 1 aliphatic heterocycles. The summed E-state index contributed by atoms with van der Waals surface area (Å²) in [6.07, 6.45) is 3.58. The average Bonchev–Trinajstić information content (AvgIpc) is 2.89. The van der Waals surface area contributed by atoms with Gasteiger partial charge in [0.05, 0.1) is 7.11 Å². The predicted octanol–water partition coefficient (Wildman–Crippen LogP) is 2.58. The van der Waals surface area contributed by atoms with Crippen LogP contribution in [0.1, 0.15) is 55.2 Å². The Morgan fingerprint density at radius 3 is 2.80 bits per heavy atom. The van der Waals surface area contributed by atoms with Gasteiger partial charge in [-0.15, -0.1) is 0 Å². The summed E-state index contributed by atoms with van der Waals surface area (Å²) in [5.74, 6) is -1.10. The molecular formula is C15H21NO4. The first-order valence-electron chi connectivity index (χ1n) is 7.04. The molecule has 0 amide bonds. The summed E-state index contributed by atoms with van der Waals surface area (Å²) < 4.78 is 6.81. The molecule has 1 aromatic heterocycles. The zero-order chi connectivity index (χ0) is 14.8. The second-order valence-corrected chi connectivity index (χ2v) is 5.38. The molecule has 0 saturated carbocycles. The van der Waals surface area contributed by atoms with Crippen LogP contribution in [0.3, 0.4) is 0 Å². The maximum atomic E-state index is 11.8. The molecule has 0 radical (unpaired) electrons. The number of methoxy groups -OCH3 is 1. The van der Waals surface area contributed by atoms with Crippen molar-refractivity contribution < 1.29 is 19.4 Å². The number of hydrogen-bond acceptors (Lipinski definition) is 3. The van der Waals surface area contributed by atoms with Gasteiger partial charge >= 0.3 is 11.9 Å². The number of ether oxygens (including phenoxy) is 1. The van der Waals surface area contributed by atoms with Crippen LogP contribution in [0.4, 0.5) is 0 Å². The van der Waals surface area contributed by atoms with Gasteiger partial charge in [0, 0.05) is 24.1 Å². The molecule has 0 saturated heterocycles. The van der Waals surface area contributed by atoms with Gasteiger partial charge in [0.25, 0.3) is 0 Å². The first-order valence-corrected chi connectivity index (χ1v) is 7.04. The average molecular weight is 279 g/mol. The van der Waals surface area contributed by atoms with Crippen LogP contribution in [0.2, 0.25) is 0 Å². The highest BCUT2D eigenvalue weighted by molar-refractivity contribution is 5.88. The van der Waals surface area contributed by atoms with Crippen molar-refractivity contribution in [1.29, 1.82) is 0 Å². The largest absolute Gasteiger partial charge is 0.481 e. The van der Waals surface area contributed by atoms with E-state index in [1.807, 2.05) is 10.6 Å². The van der Waals surface area contributed by atoms with E-state index in [1.165, 1.54) is 7.11 Å². The number of carboxylic acids is 1. The van der Waals surface area contributed by atoms with Crippen molar-refractivity contribution in [3.8, 4) is 0 Å². The van der Waals surface area contributed by atoms with Crippen molar-refractivity contribution in [3.05, 3.63) is 23.5 Å². The zero-order valence-electron chi connectivity index (χ0n) is 12.0. The summed E-state index contributed by atoms with van der Waals surface area (Å²) >= 11 is 0. The van der Waals surface area contributed by atoms with Gasteiger partial charge in [-0.25, -0.2) is 4.79 Å². The van der Waals surface area contributed by atoms with Crippen LogP contribution in [0.15, 0.2) is 12.1 Å². The summed E-state index contributed by atoms with van der Waals surface area (Å²) in [4.78, 5) is 22.7. The van der Waals surface area contributed by atoms with Crippen molar-refractivity contribution in [1.82, 2.24) is 4.57 Å². The molecule has 20 heavy (non-hydrogen) atoms. The molecule has 0 aliphatic carbocycles. The zero-order valence-corrected chi connectivity index (χ0v) is 12.0. The van der Waals surface area contributed by atoms with Crippen molar-refractivity contribution in [3.63, 3.8) is 0 Å². The van der Waals surface area contributed by atoms with E-state index >= 15 is 0 Å². The van der Waals surface area contributed by atoms with Gasteiger partial charge in [-0.2, -0.15) is 0 Å². The quantitative estimate of drug-likeness (QED) is 0.841. The highest BCUT2D eigenvalue weighted by Crippen LogP contribution is 2.41. The number of esters is 1. The van der Waals surface area contributed by atoms with Crippen LogP contribution in [0.5, 0.6) is 0 Å². The molecule has 5 heteroatoms. The third-order valence-corrected chi connectivity index (χ3v) is 4.45. The minimum atomic E-state index is -0.769. The van der Waals surface area contributed by atoms with E-state index in [4.69, 9.17) is 9.84 Å². The molecule has 0 fully saturated rings. The lowest BCUT2D eigenvalue weighted by atomic mass is 9.72. The Morgan fingerprint density at radius 2 is 2.20 bits per heavy atom. The fourth-order valence-corrected chi connectivity index (χ4v) is 3.29. The van der Waals surface area contributed by atoms with Crippen LogP contribution < -0.4 is 0 Å². The Bertz CT molecular complexity index is 520. The second kappa shape index (κ2) is 5.69. The summed E-state index contributed by atoms with van der Waals surface area (Å²) in [5, 5.41) is 8.95. The number of carbonyl (C=O) groups excluding carboxylic acids is 1. The van der Waals surface area contributed by atoms with Gasteiger partial charge in [0.1, 0.15) is 5.69 Å². The number of aliphatic carboxylic acids is 1. The molecule has 0 spiro atoms. The lowest BCUT2D eigenvalue weighted by molar-refractivity contribution is -0.137. The van der Waals surface area contributed by atoms with Crippen molar-refractivity contribution >= 4 is 11.9 Å². The minimum Gasteiger partial charge on any atom is -0.481 e. The Morgan fingerprint density at radius 1 is 1.45 bits per heavy atom. The predicted molar refractivity (Wildman–Crippen MR) is 73.8 cm³/mol. The third kappa shape index (κ3) is 2.44. The van der Waals surface area contributed by atoms with Gasteiger partial charge in [-0.1, -0.05) is 6.92 Å². The monoisotopic (exact) mass is 279 g/mol. The topological polar surface area (TPSA) is 68.5 Å². The molecule has 1 aliphatic rings. The molecule has 110 valence electrons. The number of rotatable bonds is 5. The Hall–Kier alpha value is -1.78. The molecule has 1 N–H and O–H groups in total. The highest BCUT2D eigenvalue weighted by atomic mass is 16.5. The normalized spacial score (nSPS) is 21.3. The Balaban J connectivity index is 2.38. The summed E-state index contributed by atoms with van der Waals surface area (Å²) in [7, 11) is 1.38. The SMILES string of the molecule is CC[C@]1(CCC(=O)O)CCCn2c(C(=O)OC)ccc21. The van der Waals surface area contributed by atoms with E-state index in [0.717, 1.165) is 31.5 Å². The lowest BCUT2D eigenvalue weighted by Crippen LogP contribution is -2.34. The van der Waals surface area contributed by atoms with E-state index in [-0.39, 0.29) is 17.8 Å². The summed E-state index contributed by atoms with van der Waals surface area (Å²) in [6.45, 7) is 2.88. The molecule has 0 unspecified atom stereocenters. The number of carbonyl (C=O) groups is 2. The molecule has 0 aromatic carbocycles. The Kier molecular flexibility index (Phi) is 4.16. The maximum absolute atomic E-state index is 11.8. The van der Waals surface area contributed by atoms with Crippen molar-refractivity contribution in [2.45, 2.75) is 51.0 Å². The molecular weight excluding hydrogens is 258 g/mol. The van der Waals surface area contributed by atoms with Crippen molar-refractivity contribution in [2.75, 3.05) is 7.11 Å². The minimum absolute atomic E-state index is 0.136. The van der Waals surface area contributed by atoms with Crippen LogP contribution in [-0.2, 0) is 21.5 Å². The molecule has 5 nitrogen and oxygen atoms in total. The van der Waals surface area contributed by atoms with E-state index < -0.39 is 5.97 Å². The fourth-order valence-electron chi connectivity index (χ4n) is 3.29. The summed E-state index contributed by atoms with van der Waals surface area (Å²) in [6, 6.07) is 3.74. The fraction of sp³-hybridized carbons (Fsp3) is 0.600. The molecule has 2 rings (SSSR count). The molecule has 0 bridgehead atoms. The molecule has 2 heterocycles. The van der Waals surface area contributed by atoms with E-state index in [9.17, 15) is 9.59 Å². The van der Waals surface area contributed by atoms with E-state index in [0.29, 0.717) is 12.1 Å². The molecule has 1 aromatic rings. The standard InChI is InChI=1S/C15H21NO4/c1-3-15(9-7-13(17)18)8-4-10-16-11(14(19)20-2)5-6-12(15)16/h5-6H,3-4,7-10H2,1-2H3,(H,17,18)/t15-/m1/s1. The first kappa shape index (κ1) is 14.6. The first-order chi connectivity index (χ1) is 9.54. The van der Waals surface area contributed by atoms with Gasteiger partial charge in [0.15, 0.2) is 0 Å². The number of carboxylic acid groups (broad SMARTS) is 1. The van der Waals surface area contributed by atoms with E-state index in [2.05, 4.69) is 6.92 Å². The maximum Gasteiger partial charge on any atom is 0.354 e. The highest BCUT2D eigenvalue weighted by Gasteiger charge is 2.37. The number of hydrogen-bond donors (Lipinski definition) is 1. The van der Waals surface area contributed by atoms with Crippen LogP contribution in [0, 0.1) is 0 Å². The van der Waals surface area contributed by atoms with Gasteiger partial charge in [-0.05, 0) is 37.8 Å². The van der Waals surface area contributed by atoms with Gasteiger partial charge < -0.3 is 14.4 Å².